The van der Waals surface area contributed by atoms with Gasteiger partial charge in [0.25, 0.3) is 0 Å². The monoisotopic (exact) mass is 274 g/mol. The standard InChI is InChI=1S/C15H18N2O3/c1-19-12-7-5-11(6-8-12)17-14(10-3-4-10)9-13(16-17)15(18)20-2/h5-8,10,14H,3-4,9H2,1-2H3. The summed E-state index contributed by atoms with van der Waals surface area (Å²) in [6, 6.07) is 8.03. The third-order valence-electron chi connectivity index (χ3n) is 3.87. The van der Waals surface area contributed by atoms with Crippen LogP contribution < -0.4 is 9.75 Å². The number of ether oxygens (including phenoxy) is 2. The zero-order valence-electron chi connectivity index (χ0n) is 11.7. The summed E-state index contributed by atoms with van der Waals surface area (Å²) in [5.41, 5.74) is 1.50. The van der Waals surface area contributed by atoms with Gasteiger partial charge >= 0.3 is 5.97 Å². The molecule has 20 heavy (non-hydrogen) atoms. The minimum absolute atomic E-state index is 0.275. The molecule has 0 saturated heterocycles. The quantitative estimate of drug-likeness (QED) is 0.790. The van der Waals surface area contributed by atoms with Gasteiger partial charge in [0.2, 0.25) is 0 Å². The van der Waals surface area contributed by atoms with E-state index in [1.165, 1.54) is 20.0 Å². The number of hydrogen-bond acceptors (Lipinski definition) is 5. The summed E-state index contributed by atoms with van der Waals surface area (Å²) in [6.07, 6.45) is 3.09. The molecule has 0 radical (unpaired) electrons. The molecule has 5 heteroatoms. The second kappa shape index (κ2) is 5.15. The number of carbonyl (C=O) groups is 1. The van der Waals surface area contributed by atoms with Crippen molar-refractivity contribution in [2.75, 3.05) is 19.2 Å². The summed E-state index contributed by atoms with van der Waals surface area (Å²) in [5.74, 6) is 1.11. The molecule has 2 aliphatic rings. The van der Waals surface area contributed by atoms with E-state index in [1.807, 2.05) is 29.3 Å². The molecule has 0 aromatic heterocycles. The number of anilines is 1. The average Bonchev–Trinajstić information content (AvgIpc) is 3.25. The third kappa shape index (κ3) is 2.35. The topological polar surface area (TPSA) is 51.1 Å². The van der Waals surface area contributed by atoms with Gasteiger partial charge < -0.3 is 9.47 Å². The largest absolute Gasteiger partial charge is 0.497 e. The van der Waals surface area contributed by atoms with E-state index in [-0.39, 0.29) is 12.0 Å². The van der Waals surface area contributed by atoms with Crippen molar-refractivity contribution in [3.8, 4) is 5.75 Å². The molecule has 1 aliphatic carbocycles. The fraction of sp³-hybridized carbons (Fsp3) is 0.467. The molecular formula is C15H18N2O3. The van der Waals surface area contributed by atoms with Crippen LogP contribution in [-0.2, 0) is 9.53 Å². The number of hydrogen-bond donors (Lipinski definition) is 0. The second-order valence-electron chi connectivity index (χ2n) is 5.19. The molecule has 3 rings (SSSR count). The maximum absolute atomic E-state index is 11.7. The average molecular weight is 274 g/mol. The summed E-state index contributed by atoms with van der Waals surface area (Å²) in [5, 5.41) is 6.42. The molecule has 0 spiro atoms. The molecule has 1 aromatic rings. The predicted octanol–water partition coefficient (Wildman–Crippen LogP) is 2.21. The Morgan fingerprint density at radius 3 is 2.50 bits per heavy atom. The smallest absolute Gasteiger partial charge is 0.354 e. The van der Waals surface area contributed by atoms with Gasteiger partial charge in [-0.1, -0.05) is 0 Å². The Balaban J connectivity index is 1.86. The molecule has 1 atom stereocenters. The Morgan fingerprint density at radius 2 is 1.95 bits per heavy atom. The SMILES string of the molecule is COC(=O)C1=NN(c2ccc(OC)cc2)C(C2CC2)C1. The minimum atomic E-state index is -0.327. The molecule has 1 saturated carbocycles. The normalized spacial score (nSPS) is 21.6. The van der Waals surface area contributed by atoms with Gasteiger partial charge in [0.05, 0.1) is 25.9 Å². The Morgan fingerprint density at radius 1 is 1.25 bits per heavy atom. The van der Waals surface area contributed by atoms with Crippen LogP contribution >= 0.6 is 0 Å². The molecule has 1 aromatic carbocycles. The van der Waals surface area contributed by atoms with E-state index in [2.05, 4.69) is 5.10 Å². The predicted molar refractivity (Wildman–Crippen MR) is 76.1 cm³/mol. The van der Waals surface area contributed by atoms with Crippen LogP contribution in [-0.4, -0.2) is 31.9 Å². The molecule has 5 nitrogen and oxygen atoms in total. The summed E-state index contributed by atoms with van der Waals surface area (Å²) in [4.78, 5) is 11.7. The van der Waals surface area contributed by atoms with Crippen molar-refractivity contribution in [3.63, 3.8) is 0 Å². The Hall–Kier alpha value is -2.04. The van der Waals surface area contributed by atoms with Crippen molar-refractivity contribution in [1.29, 1.82) is 0 Å². The van der Waals surface area contributed by atoms with E-state index in [0.717, 1.165) is 11.4 Å². The summed E-state index contributed by atoms with van der Waals surface area (Å²) >= 11 is 0. The first-order valence-corrected chi connectivity index (χ1v) is 6.82. The number of hydrazone groups is 1. The fourth-order valence-electron chi connectivity index (χ4n) is 2.60. The first-order valence-electron chi connectivity index (χ1n) is 6.82. The van der Waals surface area contributed by atoms with Crippen LogP contribution in [0.2, 0.25) is 0 Å². The van der Waals surface area contributed by atoms with Crippen molar-refractivity contribution in [3.05, 3.63) is 24.3 Å². The van der Waals surface area contributed by atoms with Gasteiger partial charge in [0, 0.05) is 6.42 Å². The highest BCUT2D eigenvalue weighted by atomic mass is 16.5. The lowest BCUT2D eigenvalue weighted by Crippen LogP contribution is -2.28. The van der Waals surface area contributed by atoms with Gasteiger partial charge in [-0.05, 0) is 43.0 Å². The zero-order chi connectivity index (χ0) is 14.1. The Kier molecular flexibility index (Phi) is 3.34. The summed E-state index contributed by atoms with van der Waals surface area (Å²) < 4.78 is 9.95. The number of carbonyl (C=O) groups excluding carboxylic acids is 1. The van der Waals surface area contributed by atoms with E-state index in [4.69, 9.17) is 9.47 Å². The molecule has 106 valence electrons. The number of rotatable bonds is 4. The maximum atomic E-state index is 11.7. The highest BCUT2D eigenvalue weighted by Crippen LogP contribution is 2.41. The molecule has 1 unspecified atom stereocenters. The van der Waals surface area contributed by atoms with Crippen molar-refractivity contribution >= 4 is 17.4 Å². The van der Waals surface area contributed by atoms with Gasteiger partial charge in [-0.2, -0.15) is 5.10 Å². The van der Waals surface area contributed by atoms with Crippen LogP contribution in [0, 0.1) is 5.92 Å². The summed E-state index contributed by atoms with van der Waals surface area (Å²) in [6.45, 7) is 0. The first kappa shape index (κ1) is 13.0. The van der Waals surface area contributed by atoms with Crippen LogP contribution in [0.3, 0.4) is 0 Å². The molecule has 0 N–H and O–H groups in total. The minimum Gasteiger partial charge on any atom is -0.497 e. The van der Waals surface area contributed by atoms with Crippen LogP contribution in [0.25, 0.3) is 0 Å². The van der Waals surface area contributed by atoms with Crippen LogP contribution in [0.4, 0.5) is 5.69 Å². The van der Waals surface area contributed by atoms with E-state index >= 15 is 0 Å². The number of methoxy groups -OCH3 is 2. The number of nitrogens with zero attached hydrogens (tertiary/aromatic N) is 2. The van der Waals surface area contributed by atoms with Crippen molar-refractivity contribution in [2.24, 2.45) is 11.0 Å². The van der Waals surface area contributed by atoms with Gasteiger partial charge in [-0.15, -0.1) is 0 Å². The van der Waals surface area contributed by atoms with Crippen molar-refractivity contribution in [2.45, 2.75) is 25.3 Å². The summed E-state index contributed by atoms with van der Waals surface area (Å²) in [7, 11) is 3.04. The number of benzene rings is 1. The molecule has 1 aliphatic heterocycles. The lowest BCUT2D eigenvalue weighted by molar-refractivity contribution is -0.132. The van der Waals surface area contributed by atoms with E-state index in [0.29, 0.717) is 18.1 Å². The maximum Gasteiger partial charge on any atom is 0.354 e. The van der Waals surface area contributed by atoms with Gasteiger partial charge in [0.15, 0.2) is 0 Å². The van der Waals surface area contributed by atoms with Gasteiger partial charge in [-0.25, -0.2) is 4.79 Å². The van der Waals surface area contributed by atoms with Gasteiger partial charge in [-0.3, -0.25) is 5.01 Å². The molecule has 0 amide bonds. The molecular weight excluding hydrogens is 256 g/mol. The highest BCUT2D eigenvalue weighted by molar-refractivity contribution is 6.37. The van der Waals surface area contributed by atoms with E-state index in [9.17, 15) is 4.79 Å². The Bertz CT molecular complexity index is 535. The molecule has 1 fully saturated rings. The van der Waals surface area contributed by atoms with E-state index in [1.54, 1.807) is 7.11 Å². The molecule has 1 heterocycles. The third-order valence-corrected chi connectivity index (χ3v) is 3.87. The van der Waals surface area contributed by atoms with Crippen molar-refractivity contribution < 1.29 is 14.3 Å². The first-order chi connectivity index (χ1) is 9.72. The van der Waals surface area contributed by atoms with Crippen molar-refractivity contribution in [1.82, 2.24) is 0 Å². The lowest BCUT2D eigenvalue weighted by atomic mass is 10.1. The van der Waals surface area contributed by atoms with Crippen LogP contribution in [0.5, 0.6) is 5.75 Å². The van der Waals surface area contributed by atoms with E-state index < -0.39 is 0 Å². The highest BCUT2D eigenvalue weighted by Gasteiger charge is 2.41. The lowest BCUT2D eigenvalue weighted by Gasteiger charge is -2.23. The molecule has 0 bridgehead atoms. The van der Waals surface area contributed by atoms with Crippen LogP contribution in [0.1, 0.15) is 19.3 Å². The Labute approximate surface area is 118 Å². The number of esters is 1. The van der Waals surface area contributed by atoms with Gasteiger partial charge in [0.1, 0.15) is 11.5 Å². The van der Waals surface area contributed by atoms with Crippen LogP contribution in [0.15, 0.2) is 29.4 Å². The zero-order valence-corrected chi connectivity index (χ0v) is 11.7. The second-order valence-corrected chi connectivity index (χ2v) is 5.19. The fourth-order valence-corrected chi connectivity index (χ4v) is 2.60.